The van der Waals surface area contributed by atoms with E-state index in [-0.39, 0.29) is 22.8 Å². The van der Waals surface area contributed by atoms with Gasteiger partial charge in [0.05, 0.1) is 5.60 Å². The quantitative estimate of drug-likeness (QED) is 0.675. The van der Waals surface area contributed by atoms with E-state index >= 15 is 0 Å². The summed E-state index contributed by atoms with van der Waals surface area (Å²) < 4.78 is 6.26. The highest BCUT2D eigenvalue weighted by atomic mass is 16.6. The van der Waals surface area contributed by atoms with Crippen LogP contribution in [0.2, 0.25) is 0 Å². The van der Waals surface area contributed by atoms with E-state index in [0.29, 0.717) is 5.56 Å². The summed E-state index contributed by atoms with van der Waals surface area (Å²) in [6.07, 6.45) is 4.19. The first-order chi connectivity index (χ1) is 9.58. The second kappa shape index (κ2) is 2.84. The van der Waals surface area contributed by atoms with Gasteiger partial charge in [0.1, 0.15) is 0 Å². The number of ether oxygens (including phenoxy) is 1. The van der Waals surface area contributed by atoms with Gasteiger partial charge in [-0.2, -0.15) is 0 Å². The van der Waals surface area contributed by atoms with E-state index in [0.717, 1.165) is 31.2 Å². The monoisotopic (exact) mass is 269 g/mol. The summed E-state index contributed by atoms with van der Waals surface area (Å²) in [7, 11) is 1.57. The van der Waals surface area contributed by atoms with Gasteiger partial charge in [0.15, 0.2) is 5.60 Å². The Balaban J connectivity index is 1.79. The van der Waals surface area contributed by atoms with Gasteiger partial charge in [0.2, 0.25) is 0 Å². The molecule has 0 aromatic heterocycles. The van der Waals surface area contributed by atoms with Gasteiger partial charge in [0.25, 0.3) is 11.8 Å². The standard InChI is InChI=1S/C16H15NO3/c1-17-12(18)10-4-2-3-5-11(10)16(13(17)19)14(6-7-14)15(20-16)8-9-15/h2-5H,6-9H2,1H3. The van der Waals surface area contributed by atoms with Crippen molar-refractivity contribution in [3.63, 3.8) is 0 Å². The van der Waals surface area contributed by atoms with E-state index in [4.69, 9.17) is 4.74 Å². The van der Waals surface area contributed by atoms with Crippen LogP contribution in [-0.2, 0) is 15.1 Å². The van der Waals surface area contributed by atoms with Crippen molar-refractivity contribution >= 4 is 11.8 Å². The maximum Gasteiger partial charge on any atom is 0.266 e. The third-order valence-corrected chi connectivity index (χ3v) is 5.80. The highest BCUT2D eigenvalue weighted by Crippen LogP contribution is 2.83. The second-order valence-electron chi connectivity index (χ2n) is 6.57. The second-order valence-corrected chi connectivity index (χ2v) is 6.57. The summed E-state index contributed by atoms with van der Waals surface area (Å²) in [6.45, 7) is 0. The van der Waals surface area contributed by atoms with Crippen LogP contribution < -0.4 is 0 Å². The number of benzene rings is 1. The van der Waals surface area contributed by atoms with Crippen molar-refractivity contribution < 1.29 is 14.3 Å². The Kier molecular flexibility index (Phi) is 1.57. The minimum Gasteiger partial charge on any atom is -0.352 e. The first-order valence-electron chi connectivity index (χ1n) is 7.20. The SMILES string of the molecule is CN1C(=O)c2ccccc2C2(OC3(CC3)C23CC3)C1=O. The molecule has 4 nitrogen and oxygen atoms in total. The zero-order chi connectivity index (χ0) is 13.8. The zero-order valence-electron chi connectivity index (χ0n) is 11.3. The van der Waals surface area contributed by atoms with Crippen LogP contribution in [-0.4, -0.2) is 29.4 Å². The molecule has 2 amide bonds. The predicted molar refractivity (Wildman–Crippen MR) is 69.9 cm³/mol. The molecule has 3 fully saturated rings. The molecule has 2 heterocycles. The molecule has 0 N–H and O–H groups in total. The van der Waals surface area contributed by atoms with Crippen LogP contribution in [0.25, 0.3) is 0 Å². The Morgan fingerprint density at radius 1 is 1.10 bits per heavy atom. The molecule has 1 atom stereocenters. The molecule has 4 heteroatoms. The third kappa shape index (κ3) is 0.845. The van der Waals surface area contributed by atoms with Crippen LogP contribution in [0.3, 0.4) is 0 Å². The molecule has 20 heavy (non-hydrogen) atoms. The molecule has 0 bridgehead atoms. The van der Waals surface area contributed by atoms with E-state index in [1.165, 1.54) is 4.90 Å². The Morgan fingerprint density at radius 2 is 1.80 bits per heavy atom. The average Bonchev–Trinajstić information content (AvgIpc) is 3.34. The van der Waals surface area contributed by atoms with E-state index in [9.17, 15) is 9.59 Å². The number of hydrogen-bond donors (Lipinski definition) is 0. The molecule has 1 aromatic carbocycles. The van der Waals surface area contributed by atoms with Crippen molar-refractivity contribution in [1.29, 1.82) is 0 Å². The molecular weight excluding hydrogens is 254 g/mol. The van der Waals surface area contributed by atoms with Crippen molar-refractivity contribution in [3.8, 4) is 0 Å². The van der Waals surface area contributed by atoms with E-state index in [1.54, 1.807) is 13.1 Å². The molecule has 1 unspecified atom stereocenters. The van der Waals surface area contributed by atoms with Crippen LogP contribution in [0.1, 0.15) is 41.6 Å². The minimum absolute atomic E-state index is 0.0395. The summed E-state index contributed by atoms with van der Waals surface area (Å²) >= 11 is 0. The van der Waals surface area contributed by atoms with Gasteiger partial charge >= 0.3 is 0 Å². The molecule has 5 rings (SSSR count). The first-order valence-corrected chi connectivity index (χ1v) is 7.20. The summed E-state index contributed by atoms with van der Waals surface area (Å²) in [4.78, 5) is 26.4. The van der Waals surface area contributed by atoms with Crippen LogP contribution in [0.5, 0.6) is 0 Å². The predicted octanol–water partition coefficient (Wildman–Crippen LogP) is 1.84. The Labute approximate surface area is 116 Å². The molecule has 1 aromatic rings. The summed E-state index contributed by atoms with van der Waals surface area (Å²) in [6, 6.07) is 7.44. The number of nitrogens with zero attached hydrogens (tertiary/aromatic N) is 1. The largest absolute Gasteiger partial charge is 0.352 e. The van der Waals surface area contributed by atoms with Gasteiger partial charge in [-0.25, -0.2) is 0 Å². The molecule has 4 aliphatic rings. The lowest BCUT2D eigenvalue weighted by molar-refractivity contribution is -0.293. The summed E-state index contributed by atoms with van der Waals surface area (Å²) in [5.74, 6) is -0.386. The lowest BCUT2D eigenvalue weighted by atomic mass is 9.64. The van der Waals surface area contributed by atoms with Gasteiger partial charge in [-0.3, -0.25) is 14.5 Å². The van der Waals surface area contributed by atoms with Gasteiger partial charge < -0.3 is 4.74 Å². The fraction of sp³-hybridized carbons (Fsp3) is 0.500. The molecule has 2 aliphatic carbocycles. The number of likely N-dealkylation sites (N-methyl/N-ethyl adjacent to an activating group) is 1. The number of amides is 2. The van der Waals surface area contributed by atoms with E-state index < -0.39 is 5.60 Å². The number of fused-ring (bicyclic) bond motifs is 4. The molecule has 1 saturated heterocycles. The number of hydrogen-bond acceptors (Lipinski definition) is 3. The molecule has 0 radical (unpaired) electrons. The minimum atomic E-state index is -0.886. The molecular formula is C16H15NO3. The van der Waals surface area contributed by atoms with Crippen molar-refractivity contribution in [2.75, 3.05) is 7.05 Å². The molecule has 3 spiro atoms. The Hall–Kier alpha value is -1.68. The maximum absolute atomic E-state index is 12.9. The number of carbonyl (C=O) groups is 2. The van der Waals surface area contributed by atoms with Crippen LogP contribution in [0.15, 0.2) is 24.3 Å². The summed E-state index contributed by atoms with van der Waals surface area (Å²) in [5, 5.41) is 0. The fourth-order valence-corrected chi connectivity index (χ4v) is 4.55. The van der Waals surface area contributed by atoms with Crippen molar-refractivity contribution in [3.05, 3.63) is 35.4 Å². The topological polar surface area (TPSA) is 46.6 Å². The number of rotatable bonds is 0. The molecule has 102 valence electrons. The number of imide groups is 1. The third-order valence-electron chi connectivity index (χ3n) is 5.80. The van der Waals surface area contributed by atoms with Gasteiger partial charge in [0, 0.05) is 23.6 Å². The highest BCUT2D eigenvalue weighted by molar-refractivity contribution is 6.13. The Bertz CT molecular complexity index is 687. The van der Waals surface area contributed by atoms with Crippen molar-refractivity contribution in [1.82, 2.24) is 4.90 Å². The zero-order valence-corrected chi connectivity index (χ0v) is 11.3. The van der Waals surface area contributed by atoms with E-state index in [2.05, 4.69) is 0 Å². The number of carbonyl (C=O) groups excluding carboxylic acids is 2. The Morgan fingerprint density at radius 3 is 2.45 bits per heavy atom. The van der Waals surface area contributed by atoms with Crippen LogP contribution in [0, 0.1) is 5.41 Å². The molecule has 2 saturated carbocycles. The first kappa shape index (κ1) is 11.0. The smallest absolute Gasteiger partial charge is 0.266 e. The van der Waals surface area contributed by atoms with Gasteiger partial charge in [-0.1, -0.05) is 18.2 Å². The normalized spacial score (nSPS) is 34.4. The average molecular weight is 269 g/mol. The van der Waals surface area contributed by atoms with Gasteiger partial charge in [-0.05, 0) is 31.7 Å². The highest BCUT2D eigenvalue weighted by Gasteiger charge is 2.88. The maximum atomic E-state index is 12.9. The van der Waals surface area contributed by atoms with Crippen molar-refractivity contribution in [2.45, 2.75) is 36.9 Å². The fourth-order valence-electron chi connectivity index (χ4n) is 4.55. The molecule has 2 aliphatic heterocycles. The van der Waals surface area contributed by atoms with Crippen LogP contribution >= 0.6 is 0 Å². The lowest BCUT2D eigenvalue weighted by Crippen LogP contribution is -2.71. The van der Waals surface area contributed by atoms with Crippen molar-refractivity contribution in [2.24, 2.45) is 5.41 Å². The van der Waals surface area contributed by atoms with Gasteiger partial charge in [-0.15, -0.1) is 0 Å². The van der Waals surface area contributed by atoms with E-state index in [1.807, 2.05) is 18.2 Å². The lowest BCUT2D eigenvalue weighted by Gasteiger charge is -2.58. The van der Waals surface area contributed by atoms with Crippen LogP contribution in [0.4, 0.5) is 0 Å². The summed E-state index contributed by atoms with van der Waals surface area (Å²) in [5.41, 5.74) is 0.432.